The van der Waals surface area contributed by atoms with Gasteiger partial charge in [-0.15, -0.1) is 10.2 Å². The summed E-state index contributed by atoms with van der Waals surface area (Å²) in [6.45, 7) is 0.851. The maximum Gasteiger partial charge on any atom is 0.177 e. The largest absolute Gasteiger partial charge is 0.319 e. The van der Waals surface area contributed by atoms with Crippen LogP contribution in [-0.2, 0) is 6.42 Å². The summed E-state index contributed by atoms with van der Waals surface area (Å²) in [7, 11) is 1.92. The minimum atomic E-state index is 0.773. The second kappa shape index (κ2) is 5.68. The highest BCUT2D eigenvalue weighted by molar-refractivity contribution is 9.10. The minimum Gasteiger partial charge on any atom is -0.319 e. The van der Waals surface area contributed by atoms with Crippen molar-refractivity contribution < 1.29 is 0 Å². The van der Waals surface area contributed by atoms with E-state index in [2.05, 4.69) is 36.5 Å². The molecule has 20 heavy (non-hydrogen) atoms. The smallest absolute Gasteiger partial charge is 0.177 e. The summed E-state index contributed by atoms with van der Waals surface area (Å²) in [5.74, 6) is 0.867. The van der Waals surface area contributed by atoms with E-state index < -0.39 is 0 Å². The van der Waals surface area contributed by atoms with E-state index in [4.69, 9.17) is 0 Å². The number of halogens is 1. The summed E-state index contributed by atoms with van der Waals surface area (Å²) < 4.78 is 2.85. The lowest BCUT2D eigenvalue weighted by Gasteiger charge is -2.03. The topological polar surface area (TPSA) is 55.1 Å². The molecule has 1 aromatic carbocycles. The van der Waals surface area contributed by atoms with Crippen LogP contribution in [0, 0.1) is 0 Å². The highest BCUT2D eigenvalue weighted by atomic mass is 79.9. The number of rotatable bonds is 4. The van der Waals surface area contributed by atoms with Crippen LogP contribution in [0.5, 0.6) is 0 Å². The average molecular weight is 332 g/mol. The van der Waals surface area contributed by atoms with Crippen LogP contribution in [0.3, 0.4) is 0 Å². The van der Waals surface area contributed by atoms with Crippen molar-refractivity contribution in [2.75, 3.05) is 13.6 Å². The number of fused-ring (bicyclic) bond motifs is 1. The standard InChI is InChI=1S/C14H14BrN5/c1-16-8-7-14-18-17-13-6-5-12(19-20(13)14)10-3-2-4-11(15)9-10/h2-6,9,16H,7-8H2,1H3. The third kappa shape index (κ3) is 2.57. The fourth-order valence-corrected chi connectivity index (χ4v) is 2.43. The fraction of sp³-hybridized carbons (Fsp3) is 0.214. The molecule has 3 aromatic rings. The second-order valence-corrected chi connectivity index (χ2v) is 5.38. The number of hydrogen-bond acceptors (Lipinski definition) is 4. The first-order valence-corrected chi connectivity index (χ1v) is 7.19. The lowest BCUT2D eigenvalue weighted by Crippen LogP contribution is -2.13. The average Bonchev–Trinajstić information content (AvgIpc) is 2.87. The molecule has 0 bridgehead atoms. The zero-order chi connectivity index (χ0) is 13.9. The highest BCUT2D eigenvalue weighted by Crippen LogP contribution is 2.21. The van der Waals surface area contributed by atoms with Crippen molar-refractivity contribution in [2.45, 2.75) is 6.42 Å². The molecule has 2 heterocycles. The molecule has 0 aliphatic carbocycles. The Labute approximate surface area is 125 Å². The zero-order valence-electron chi connectivity index (χ0n) is 11.0. The first-order valence-electron chi connectivity index (χ1n) is 6.40. The highest BCUT2D eigenvalue weighted by Gasteiger charge is 2.08. The molecule has 0 spiro atoms. The van der Waals surface area contributed by atoms with Crippen LogP contribution in [0.15, 0.2) is 40.9 Å². The predicted octanol–water partition coefficient (Wildman–Crippen LogP) is 2.32. The van der Waals surface area contributed by atoms with Crippen LogP contribution in [0.4, 0.5) is 0 Å². The molecule has 5 nitrogen and oxygen atoms in total. The summed E-state index contributed by atoms with van der Waals surface area (Å²) in [5.41, 5.74) is 2.74. The van der Waals surface area contributed by atoms with Crippen LogP contribution in [-0.4, -0.2) is 33.4 Å². The van der Waals surface area contributed by atoms with Crippen LogP contribution >= 0.6 is 15.9 Å². The SMILES string of the molecule is CNCCc1nnc2ccc(-c3cccc(Br)c3)nn12. The molecule has 0 saturated heterocycles. The molecule has 0 aliphatic heterocycles. The Hall–Kier alpha value is -1.79. The van der Waals surface area contributed by atoms with Gasteiger partial charge in [0, 0.05) is 23.0 Å². The maximum atomic E-state index is 4.64. The Bertz CT molecular complexity index is 737. The van der Waals surface area contributed by atoms with Gasteiger partial charge < -0.3 is 5.32 Å². The van der Waals surface area contributed by atoms with Crippen molar-refractivity contribution in [1.29, 1.82) is 0 Å². The first-order chi connectivity index (χ1) is 9.78. The number of likely N-dealkylation sites (N-methyl/N-ethyl adjacent to an activating group) is 1. The molecule has 0 fully saturated rings. The van der Waals surface area contributed by atoms with Gasteiger partial charge in [0.05, 0.1) is 5.69 Å². The molecule has 0 amide bonds. The van der Waals surface area contributed by atoms with E-state index in [1.54, 1.807) is 0 Å². The maximum absolute atomic E-state index is 4.64. The van der Waals surface area contributed by atoms with Crippen molar-refractivity contribution in [3.8, 4) is 11.3 Å². The number of hydrogen-bond donors (Lipinski definition) is 1. The number of benzene rings is 1. The molecule has 102 valence electrons. The molecule has 0 unspecified atom stereocenters. The fourth-order valence-electron chi connectivity index (χ4n) is 2.03. The Morgan fingerprint density at radius 3 is 2.90 bits per heavy atom. The molecule has 1 N–H and O–H groups in total. The molecule has 0 saturated carbocycles. The van der Waals surface area contributed by atoms with Crippen LogP contribution in [0.2, 0.25) is 0 Å². The predicted molar refractivity (Wildman–Crippen MR) is 81.5 cm³/mol. The zero-order valence-corrected chi connectivity index (χ0v) is 12.6. The van der Waals surface area contributed by atoms with Crippen LogP contribution in [0.25, 0.3) is 16.9 Å². The third-order valence-electron chi connectivity index (χ3n) is 3.05. The van der Waals surface area contributed by atoms with Gasteiger partial charge in [-0.1, -0.05) is 28.1 Å². The van der Waals surface area contributed by atoms with E-state index in [-0.39, 0.29) is 0 Å². The van der Waals surface area contributed by atoms with E-state index >= 15 is 0 Å². The molecule has 2 aromatic heterocycles. The van der Waals surface area contributed by atoms with Crippen molar-refractivity contribution in [3.63, 3.8) is 0 Å². The van der Waals surface area contributed by atoms with Crippen LogP contribution in [0.1, 0.15) is 5.82 Å². The normalized spacial score (nSPS) is 11.1. The Balaban J connectivity index is 2.04. The van der Waals surface area contributed by atoms with Gasteiger partial charge >= 0.3 is 0 Å². The van der Waals surface area contributed by atoms with Crippen molar-refractivity contribution in [2.24, 2.45) is 0 Å². The molecule has 3 rings (SSSR count). The summed E-state index contributed by atoms with van der Waals surface area (Å²) in [5, 5.41) is 16.1. The number of nitrogens with one attached hydrogen (secondary N) is 1. The van der Waals surface area contributed by atoms with Gasteiger partial charge in [-0.2, -0.15) is 9.61 Å². The number of nitrogens with zero attached hydrogens (tertiary/aromatic N) is 4. The minimum absolute atomic E-state index is 0.773. The quantitative estimate of drug-likeness (QED) is 0.797. The molecule has 0 radical (unpaired) electrons. The van der Waals surface area contributed by atoms with Gasteiger partial charge in [-0.25, -0.2) is 0 Å². The first kappa shape index (κ1) is 13.2. The lowest BCUT2D eigenvalue weighted by atomic mass is 10.1. The summed E-state index contributed by atoms with van der Waals surface area (Å²) >= 11 is 3.48. The van der Waals surface area contributed by atoms with Crippen molar-refractivity contribution in [1.82, 2.24) is 25.1 Å². The lowest BCUT2D eigenvalue weighted by molar-refractivity contribution is 0.726. The monoisotopic (exact) mass is 331 g/mol. The van der Waals surface area contributed by atoms with Gasteiger partial charge in [-0.05, 0) is 31.3 Å². The second-order valence-electron chi connectivity index (χ2n) is 4.47. The van der Waals surface area contributed by atoms with Gasteiger partial charge in [0.25, 0.3) is 0 Å². The molecular formula is C14H14BrN5. The molecule has 0 atom stereocenters. The van der Waals surface area contributed by atoms with Crippen LogP contribution < -0.4 is 5.32 Å². The van der Waals surface area contributed by atoms with Crippen molar-refractivity contribution in [3.05, 3.63) is 46.7 Å². The van der Waals surface area contributed by atoms with Gasteiger partial charge in [0.15, 0.2) is 11.5 Å². The Morgan fingerprint density at radius 1 is 1.20 bits per heavy atom. The molecular weight excluding hydrogens is 318 g/mol. The van der Waals surface area contributed by atoms with Gasteiger partial charge in [-0.3, -0.25) is 0 Å². The van der Waals surface area contributed by atoms with Crippen molar-refractivity contribution >= 4 is 21.6 Å². The Kier molecular flexibility index (Phi) is 3.75. The van der Waals surface area contributed by atoms with E-state index in [0.717, 1.165) is 40.2 Å². The van der Waals surface area contributed by atoms with E-state index in [1.807, 2.05) is 48.0 Å². The van der Waals surface area contributed by atoms with Gasteiger partial charge in [0.1, 0.15) is 0 Å². The van der Waals surface area contributed by atoms with E-state index in [1.165, 1.54) is 0 Å². The van der Waals surface area contributed by atoms with E-state index in [0.29, 0.717) is 0 Å². The summed E-state index contributed by atoms with van der Waals surface area (Å²) in [6.07, 6.45) is 0.798. The van der Waals surface area contributed by atoms with E-state index in [9.17, 15) is 0 Å². The Morgan fingerprint density at radius 2 is 2.10 bits per heavy atom. The summed E-state index contributed by atoms with van der Waals surface area (Å²) in [4.78, 5) is 0. The molecule has 6 heteroatoms. The number of aromatic nitrogens is 4. The van der Waals surface area contributed by atoms with Gasteiger partial charge in [0.2, 0.25) is 0 Å². The third-order valence-corrected chi connectivity index (χ3v) is 3.54. The molecule has 0 aliphatic rings. The summed E-state index contributed by atoms with van der Waals surface area (Å²) in [6, 6.07) is 12.0.